The standard InChI is InChI=1S/C11H14N4O4/c12-8-5-7(1-2-9(8)15(18)19)14-4-3-13-6-10(14)11(16)17/h1-2,5,10,13H,3-4,6,12H2,(H,16,17). The summed E-state index contributed by atoms with van der Waals surface area (Å²) in [6.45, 7) is 1.49. The monoisotopic (exact) mass is 266 g/mol. The van der Waals surface area contributed by atoms with E-state index in [0.717, 1.165) is 0 Å². The van der Waals surface area contributed by atoms with Crippen LogP contribution in [0, 0.1) is 10.1 Å². The zero-order valence-electron chi connectivity index (χ0n) is 10.1. The number of carboxylic acids is 1. The molecule has 8 nitrogen and oxygen atoms in total. The molecular formula is C11H14N4O4. The number of nitrogens with zero attached hydrogens (tertiary/aromatic N) is 2. The number of aliphatic carboxylic acids is 1. The number of hydrogen-bond donors (Lipinski definition) is 3. The van der Waals surface area contributed by atoms with Gasteiger partial charge in [-0.3, -0.25) is 10.1 Å². The summed E-state index contributed by atoms with van der Waals surface area (Å²) >= 11 is 0. The van der Waals surface area contributed by atoms with Crippen molar-refractivity contribution in [1.82, 2.24) is 5.32 Å². The smallest absolute Gasteiger partial charge is 0.327 e. The first-order valence-corrected chi connectivity index (χ1v) is 5.75. The van der Waals surface area contributed by atoms with E-state index in [1.807, 2.05) is 0 Å². The molecule has 0 bridgehead atoms. The van der Waals surface area contributed by atoms with E-state index in [-0.39, 0.29) is 11.4 Å². The number of nitrogens with one attached hydrogen (secondary N) is 1. The molecule has 19 heavy (non-hydrogen) atoms. The molecule has 1 aliphatic heterocycles. The highest BCUT2D eigenvalue weighted by atomic mass is 16.6. The molecule has 0 radical (unpaired) electrons. The fourth-order valence-corrected chi connectivity index (χ4v) is 2.12. The lowest BCUT2D eigenvalue weighted by Gasteiger charge is -2.35. The highest BCUT2D eigenvalue weighted by Crippen LogP contribution is 2.28. The van der Waals surface area contributed by atoms with Crippen molar-refractivity contribution >= 4 is 23.0 Å². The van der Waals surface area contributed by atoms with Gasteiger partial charge in [0, 0.05) is 31.4 Å². The number of carbonyl (C=O) groups is 1. The molecule has 8 heteroatoms. The maximum absolute atomic E-state index is 11.2. The summed E-state index contributed by atoms with van der Waals surface area (Å²) in [7, 11) is 0. The van der Waals surface area contributed by atoms with Gasteiger partial charge in [-0.25, -0.2) is 4.79 Å². The second kappa shape index (κ2) is 5.11. The van der Waals surface area contributed by atoms with Crippen LogP contribution >= 0.6 is 0 Å². The van der Waals surface area contributed by atoms with Gasteiger partial charge < -0.3 is 21.1 Å². The highest BCUT2D eigenvalue weighted by molar-refractivity contribution is 5.80. The highest BCUT2D eigenvalue weighted by Gasteiger charge is 2.29. The third-order valence-electron chi connectivity index (χ3n) is 3.07. The molecule has 1 heterocycles. The fraction of sp³-hybridized carbons (Fsp3) is 0.364. The number of nitro groups is 1. The molecule has 1 aliphatic rings. The van der Waals surface area contributed by atoms with E-state index >= 15 is 0 Å². The van der Waals surface area contributed by atoms with E-state index in [0.29, 0.717) is 25.3 Å². The summed E-state index contributed by atoms with van der Waals surface area (Å²) in [4.78, 5) is 23.0. The number of carboxylic acid groups (broad SMARTS) is 1. The lowest BCUT2D eigenvalue weighted by Crippen LogP contribution is -2.55. The van der Waals surface area contributed by atoms with Gasteiger partial charge in [-0.15, -0.1) is 0 Å². The Bertz CT molecular complexity index is 519. The summed E-state index contributed by atoms with van der Waals surface area (Å²) in [5.74, 6) is -0.941. The van der Waals surface area contributed by atoms with Crippen LogP contribution < -0.4 is 16.0 Å². The Kier molecular flexibility index (Phi) is 3.52. The van der Waals surface area contributed by atoms with Crippen LogP contribution in [0.25, 0.3) is 0 Å². The average molecular weight is 266 g/mol. The molecule has 0 amide bonds. The lowest BCUT2D eigenvalue weighted by molar-refractivity contribution is -0.383. The molecule has 1 aromatic rings. The summed E-state index contributed by atoms with van der Waals surface area (Å²) in [5.41, 5.74) is 6.06. The first-order valence-electron chi connectivity index (χ1n) is 5.75. The van der Waals surface area contributed by atoms with Crippen molar-refractivity contribution in [2.45, 2.75) is 6.04 Å². The second-order valence-electron chi connectivity index (χ2n) is 4.25. The van der Waals surface area contributed by atoms with Crippen molar-refractivity contribution in [2.75, 3.05) is 30.3 Å². The molecule has 2 rings (SSSR count). The fourth-order valence-electron chi connectivity index (χ4n) is 2.12. The van der Waals surface area contributed by atoms with Gasteiger partial charge in [-0.2, -0.15) is 0 Å². The maximum atomic E-state index is 11.2. The lowest BCUT2D eigenvalue weighted by atomic mass is 10.1. The predicted molar refractivity (Wildman–Crippen MR) is 69.1 cm³/mol. The Hall–Kier alpha value is -2.35. The number of anilines is 2. The van der Waals surface area contributed by atoms with Gasteiger partial charge in [0.25, 0.3) is 5.69 Å². The Morgan fingerprint density at radius 2 is 2.32 bits per heavy atom. The summed E-state index contributed by atoms with van der Waals surface area (Å²) in [6.07, 6.45) is 0. The third kappa shape index (κ3) is 2.58. The number of nitrogens with two attached hydrogens (primary N) is 1. The Balaban J connectivity index is 2.32. The number of piperazine rings is 1. The molecule has 4 N–H and O–H groups in total. The predicted octanol–water partition coefficient (Wildman–Crippen LogP) is 0.0398. The molecule has 0 spiro atoms. The normalized spacial score (nSPS) is 19.2. The molecule has 1 unspecified atom stereocenters. The number of hydrogen-bond acceptors (Lipinski definition) is 6. The molecular weight excluding hydrogens is 252 g/mol. The van der Waals surface area contributed by atoms with Gasteiger partial charge in [-0.1, -0.05) is 0 Å². The van der Waals surface area contributed by atoms with Gasteiger partial charge in [0.2, 0.25) is 0 Å². The number of rotatable bonds is 3. The van der Waals surface area contributed by atoms with E-state index in [1.54, 1.807) is 4.90 Å². The Labute approximate surface area is 109 Å². The van der Waals surface area contributed by atoms with Crippen molar-refractivity contribution < 1.29 is 14.8 Å². The van der Waals surface area contributed by atoms with Crippen LogP contribution in [0.1, 0.15) is 0 Å². The van der Waals surface area contributed by atoms with Gasteiger partial charge in [0.15, 0.2) is 0 Å². The molecule has 1 fully saturated rings. The molecule has 0 saturated carbocycles. The van der Waals surface area contributed by atoms with E-state index in [1.165, 1.54) is 18.2 Å². The van der Waals surface area contributed by atoms with Crippen LogP contribution in [0.3, 0.4) is 0 Å². The quantitative estimate of drug-likeness (QED) is 0.401. The first kappa shape index (κ1) is 13.1. The summed E-state index contributed by atoms with van der Waals surface area (Å²) < 4.78 is 0. The second-order valence-corrected chi connectivity index (χ2v) is 4.25. The molecule has 0 aliphatic carbocycles. The summed E-state index contributed by atoms with van der Waals surface area (Å²) in [5, 5.41) is 22.8. The minimum absolute atomic E-state index is 0.0326. The van der Waals surface area contributed by atoms with Crippen LogP contribution in [0.4, 0.5) is 17.1 Å². The van der Waals surface area contributed by atoms with Crippen molar-refractivity contribution in [3.05, 3.63) is 28.3 Å². The zero-order valence-corrected chi connectivity index (χ0v) is 10.1. The summed E-state index contributed by atoms with van der Waals surface area (Å²) in [6, 6.07) is 3.57. The van der Waals surface area contributed by atoms with E-state index < -0.39 is 16.9 Å². The van der Waals surface area contributed by atoms with E-state index in [4.69, 9.17) is 10.8 Å². The van der Waals surface area contributed by atoms with Gasteiger partial charge in [0.05, 0.1) is 4.92 Å². The number of benzene rings is 1. The molecule has 1 atom stereocenters. The van der Waals surface area contributed by atoms with Crippen molar-refractivity contribution in [1.29, 1.82) is 0 Å². The van der Waals surface area contributed by atoms with Crippen molar-refractivity contribution in [2.24, 2.45) is 0 Å². The molecule has 0 aromatic heterocycles. The largest absolute Gasteiger partial charge is 0.480 e. The molecule has 102 valence electrons. The minimum Gasteiger partial charge on any atom is -0.480 e. The van der Waals surface area contributed by atoms with E-state index in [9.17, 15) is 14.9 Å². The van der Waals surface area contributed by atoms with Crippen LogP contribution in [0.15, 0.2) is 18.2 Å². The minimum atomic E-state index is -0.941. The van der Waals surface area contributed by atoms with Gasteiger partial charge in [-0.05, 0) is 12.1 Å². The Morgan fingerprint density at radius 3 is 2.89 bits per heavy atom. The third-order valence-corrected chi connectivity index (χ3v) is 3.07. The van der Waals surface area contributed by atoms with Crippen molar-refractivity contribution in [3.63, 3.8) is 0 Å². The average Bonchev–Trinajstić information content (AvgIpc) is 2.38. The first-order chi connectivity index (χ1) is 9.00. The van der Waals surface area contributed by atoms with Crippen LogP contribution in [0.2, 0.25) is 0 Å². The molecule has 1 saturated heterocycles. The topological polar surface area (TPSA) is 122 Å². The Morgan fingerprint density at radius 1 is 1.58 bits per heavy atom. The zero-order chi connectivity index (χ0) is 14.0. The van der Waals surface area contributed by atoms with Crippen molar-refractivity contribution in [3.8, 4) is 0 Å². The van der Waals surface area contributed by atoms with E-state index in [2.05, 4.69) is 5.32 Å². The maximum Gasteiger partial charge on any atom is 0.327 e. The van der Waals surface area contributed by atoms with Gasteiger partial charge in [0.1, 0.15) is 11.7 Å². The number of nitro benzene ring substituents is 1. The van der Waals surface area contributed by atoms with Crippen LogP contribution in [-0.2, 0) is 4.79 Å². The SMILES string of the molecule is Nc1cc(N2CCNCC2C(=O)O)ccc1[N+](=O)[O-]. The van der Waals surface area contributed by atoms with Gasteiger partial charge >= 0.3 is 5.97 Å². The number of nitrogen functional groups attached to an aromatic ring is 1. The van der Waals surface area contributed by atoms with Crippen LogP contribution in [-0.4, -0.2) is 41.7 Å². The molecule has 1 aromatic carbocycles. The van der Waals surface area contributed by atoms with Crippen LogP contribution in [0.5, 0.6) is 0 Å².